The molecule has 6 nitrogen and oxygen atoms in total. The molecule has 1 unspecified atom stereocenters. The Hall–Kier alpha value is -3.32. The van der Waals surface area contributed by atoms with Gasteiger partial charge in [-0.05, 0) is 43.5 Å². The van der Waals surface area contributed by atoms with Gasteiger partial charge in [-0.15, -0.1) is 11.3 Å². The molecule has 1 aliphatic rings. The van der Waals surface area contributed by atoms with Crippen molar-refractivity contribution in [1.82, 2.24) is 15.1 Å². The lowest BCUT2D eigenvalue weighted by Crippen LogP contribution is -2.41. The van der Waals surface area contributed by atoms with Gasteiger partial charge in [-0.25, -0.2) is 4.79 Å². The van der Waals surface area contributed by atoms with Crippen LogP contribution >= 0.6 is 11.3 Å². The normalized spacial score (nSPS) is 16.3. The summed E-state index contributed by atoms with van der Waals surface area (Å²) in [5.41, 5.74) is 0.117. The number of carbonyl (C=O) groups excluding carboxylic acids is 1. The topological polar surface area (TPSA) is 82.0 Å². The van der Waals surface area contributed by atoms with Crippen LogP contribution < -0.4 is 0 Å². The molecule has 3 heterocycles. The van der Waals surface area contributed by atoms with Crippen LogP contribution in [0.1, 0.15) is 53.3 Å². The van der Waals surface area contributed by atoms with E-state index in [2.05, 4.69) is 16.3 Å². The van der Waals surface area contributed by atoms with Gasteiger partial charge in [-0.3, -0.25) is 5.10 Å². The van der Waals surface area contributed by atoms with Gasteiger partial charge in [-0.1, -0.05) is 24.3 Å². The molecule has 3 aromatic rings. The summed E-state index contributed by atoms with van der Waals surface area (Å²) >= 11 is 1.27. The molecule has 1 amide bonds. The second kappa shape index (κ2) is 8.23. The predicted molar refractivity (Wildman–Crippen MR) is 117 cm³/mol. The first-order chi connectivity index (χ1) is 15.5. The van der Waals surface area contributed by atoms with E-state index in [-0.39, 0.29) is 18.7 Å². The lowest BCUT2D eigenvalue weighted by molar-refractivity contribution is -0.140. The Bertz CT molecular complexity index is 1230. The fourth-order valence-corrected chi connectivity index (χ4v) is 4.99. The summed E-state index contributed by atoms with van der Waals surface area (Å²) in [4.78, 5) is 15.7. The number of fused-ring (bicyclic) bond motifs is 1. The first-order valence-corrected chi connectivity index (χ1v) is 11.0. The number of nitrogens with zero attached hydrogens (tertiary/aromatic N) is 3. The number of thiophene rings is 1. The van der Waals surface area contributed by atoms with E-state index < -0.39 is 29.5 Å². The third-order valence-electron chi connectivity index (χ3n) is 5.27. The van der Waals surface area contributed by atoms with E-state index in [0.29, 0.717) is 16.0 Å². The molecule has 0 radical (unpaired) electrons. The van der Waals surface area contributed by atoms with Crippen molar-refractivity contribution in [3.05, 3.63) is 63.1 Å². The lowest BCUT2D eigenvalue weighted by Gasteiger charge is -2.35. The molecule has 1 aliphatic heterocycles. The molecule has 1 atom stereocenters. The number of hydrogen-bond donors (Lipinski definition) is 1. The summed E-state index contributed by atoms with van der Waals surface area (Å²) in [6.45, 7) is 5.78. The van der Waals surface area contributed by atoms with Crippen molar-refractivity contribution in [3.8, 4) is 17.2 Å². The zero-order valence-electron chi connectivity index (χ0n) is 18.2. The number of nitriles is 1. The minimum absolute atomic E-state index is 0.0650. The molecule has 0 spiro atoms. The van der Waals surface area contributed by atoms with Crippen LogP contribution in [0.15, 0.2) is 36.5 Å². The van der Waals surface area contributed by atoms with Crippen molar-refractivity contribution in [3.63, 3.8) is 0 Å². The standard InChI is InChI=1S/C23H21F3N4O2S/c1-22(2,3)32-21(31)30-11-18(16-8-13(9-27)33-19(16)12-30)15-7-5-4-6-14(15)17-10-28-29-20(17)23(24,25)26/h4-8,10,18H,11-12H2,1-3H3,(H,28,29). The molecule has 1 N–H and O–H groups in total. The highest BCUT2D eigenvalue weighted by atomic mass is 32.1. The average molecular weight is 475 g/mol. The summed E-state index contributed by atoms with van der Waals surface area (Å²) in [5.74, 6) is -0.438. The van der Waals surface area contributed by atoms with Gasteiger partial charge in [0.15, 0.2) is 0 Å². The largest absolute Gasteiger partial charge is 0.444 e. The van der Waals surface area contributed by atoms with Crippen LogP contribution in [0, 0.1) is 11.3 Å². The van der Waals surface area contributed by atoms with Crippen LogP contribution in [0.3, 0.4) is 0 Å². The van der Waals surface area contributed by atoms with Gasteiger partial charge in [0.1, 0.15) is 22.2 Å². The molecule has 0 fully saturated rings. The number of hydrogen-bond acceptors (Lipinski definition) is 5. The predicted octanol–water partition coefficient (Wildman–Crippen LogP) is 5.91. The Labute approximate surface area is 192 Å². The number of alkyl halides is 3. The number of carbonyl (C=O) groups is 1. The lowest BCUT2D eigenvalue weighted by atomic mass is 9.84. The smallest absolute Gasteiger partial charge is 0.433 e. The molecular formula is C23H21F3N4O2S. The van der Waals surface area contributed by atoms with Crippen LogP contribution in [0.5, 0.6) is 0 Å². The van der Waals surface area contributed by atoms with Crippen molar-refractivity contribution in [2.75, 3.05) is 6.54 Å². The van der Waals surface area contributed by atoms with Gasteiger partial charge >= 0.3 is 12.3 Å². The fourth-order valence-electron chi connectivity index (χ4n) is 3.96. The number of H-pyrrole nitrogens is 1. The molecule has 1 aromatic carbocycles. The zero-order valence-corrected chi connectivity index (χ0v) is 19.0. The van der Waals surface area contributed by atoms with Crippen LogP contribution in [0.4, 0.5) is 18.0 Å². The number of amides is 1. The highest BCUT2D eigenvalue weighted by Crippen LogP contribution is 2.44. The molecule has 172 valence electrons. The van der Waals surface area contributed by atoms with Gasteiger partial charge in [0, 0.05) is 22.9 Å². The molecule has 0 aliphatic carbocycles. The molecule has 0 saturated carbocycles. The Balaban J connectivity index is 1.82. The molecule has 4 rings (SSSR count). The number of nitrogens with one attached hydrogen (secondary N) is 1. The van der Waals surface area contributed by atoms with Gasteiger partial charge in [0.25, 0.3) is 0 Å². The Morgan fingerprint density at radius 2 is 1.97 bits per heavy atom. The Kier molecular flexibility index (Phi) is 5.70. The summed E-state index contributed by atoms with van der Waals surface area (Å²) in [7, 11) is 0. The molecular weight excluding hydrogens is 453 g/mol. The number of halogens is 3. The number of rotatable bonds is 2. The number of aromatic amines is 1. The maximum atomic E-state index is 13.6. The van der Waals surface area contributed by atoms with Crippen LogP contribution in [0.2, 0.25) is 0 Å². The van der Waals surface area contributed by atoms with Crippen molar-refractivity contribution in [2.45, 2.75) is 45.0 Å². The average Bonchev–Trinajstić information content (AvgIpc) is 3.38. The van der Waals surface area contributed by atoms with Crippen LogP contribution in [-0.4, -0.2) is 33.3 Å². The number of ether oxygens (including phenoxy) is 1. The first-order valence-electron chi connectivity index (χ1n) is 10.2. The van der Waals surface area contributed by atoms with Gasteiger partial charge < -0.3 is 9.64 Å². The monoisotopic (exact) mass is 474 g/mol. The van der Waals surface area contributed by atoms with Crippen molar-refractivity contribution in [1.29, 1.82) is 5.26 Å². The van der Waals surface area contributed by atoms with Crippen LogP contribution in [-0.2, 0) is 17.5 Å². The van der Waals surface area contributed by atoms with Crippen molar-refractivity contribution in [2.24, 2.45) is 0 Å². The third-order valence-corrected chi connectivity index (χ3v) is 6.31. The van der Waals surface area contributed by atoms with E-state index in [1.54, 1.807) is 51.1 Å². The molecule has 0 saturated heterocycles. The summed E-state index contributed by atoms with van der Waals surface area (Å²) in [5, 5.41) is 15.1. The third kappa shape index (κ3) is 4.59. The minimum Gasteiger partial charge on any atom is -0.444 e. The second-order valence-electron chi connectivity index (χ2n) is 8.76. The zero-order chi connectivity index (χ0) is 24.0. The maximum absolute atomic E-state index is 13.6. The molecule has 10 heteroatoms. The van der Waals surface area contributed by atoms with Gasteiger partial charge in [0.05, 0.1) is 12.7 Å². The van der Waals surface area contributed by atoms with E-state index in [0.717, 1.165) is 16.6 Å². The van der Waals surface area contributed by atoms with E-state index in [1.807, 2.05) is 0 Å². The van der Waals surface area contributed by atoms with E-state index in [1.165, 1.54) is 16.2 Å². The fraction of sp³-hybridized carbons (Fsp3) is 0.348. The Morgan fingerprint density at radius 3 is 2.64 bits per heavy atom. The minimum atomic E-state index is -4.60. The van der Waals surface area contributed by atoms with Crippen LogP contribution in [0.25, 0.3) is 11.1 Å². The molecule has 0 bridgehead atoms. The van der Waals surface area contributed by atoms with Crippen molar-refractivity contribution < 1.29 is 22.7 Å². The first kappa shape index (κ1) is 22.9. The molecule has 2 aromatic heterocycles. The SMILES string of the molecule is CC(C)(C)OC(=O)N1Cc2sc(C#N)cc2C(c2ccccc2-c2cn[nH]c2C(F)(F)F)C1. The quantitative estimate of drug-likeness (QED) is 0.501. The highest BCUT2D eigenvalue weighted by molar-refractivity contribution is 7.12. The summed E-state index contributed by atoms with van der Waals surface area (Å²) < 4.78 is 46.3. The van der Waals surface area contributed by atoms with E-state index in [9.17, 15) is 23.2 Å². The number of benzene rings is 1. The van der Waals surface area contributed by atoms with Crippen molar-refractivity contribution >= 4 is 17.4 Å². The second-order valence-corrected chi connectivity index (χ2v) is 9.89. The van der Waals surface area contributed by atoms with Gasteiger partial charge in [-0.2, -0.15) is 23.5 Å². The molecule has 33 heavy (non-hydrogen) atoms. The number of aromatic nitrogens is 2. The summed E-state index contributed by atoms with van der Waals surface area (Å²) in [6.07, 6.45) is -3.96. The van der Waals surface area contributed by atoms with E-state index >= 15 is 0 Å². The van der Waals surface area contributed by atoms with E-state index in [4.69, 9.17) is 4.74 Å². The Morgan fingerprint density at radius 1 is 1.24 bits per heavy atom. The van der Waals surface area contributed by atoms with Gasteiger partial charge in [0.2, 0.25) is 0 Å². The highest BCUT2D eigenvalue weighted by Gasteiger charge is 2.38. The summed E-state index contributed by atoms with van der Waals surface area (Å²) in [6, 6.07) is 10.7. The maximum Gasteiger partial charge on any atom is 0.433 e.